The number of carbonyl (C=O) groups excluding carboxylic acids is 2. The lowest BCUT2D eigenvalue weighted by Gasteiger charge is -2.15. The standard InChI is InChI=1S/C22H22N4O4S2/c27-19(11-12-32(29,30)15-16-7-3-1-4-8-16)23-22-25-24-21(31-22)17-13-20(28)26(14-17)18-9-5-2-6-10-18/h1-10,17H,11-15H2,(H,23,25,27)/t17-/m0/s1. The monoisotopic (exact) mass is 470 g/mol. The minimum atomic E-state index is -3.40. The van der Waals surface area contributed by atoms with Crippen LogP contribution in [0.1, 0.15) is 29.3 Å². The van der Waals surface area contributed by atoms with Crippen molar-refractivity contribution in [2.24, 2.45) is 0 Å². The van der Waals surface area contributed by atoms with Crippen LogP contribution in [0.5, 0.6) is 0 Å². The number of anilines is 2. The molecule has 0 unspecified atom stereocenters. The smallest absolute Gasteiger partial charge is 0.227 e. The number of sulfone groups is 1. The van der Waals surface area contributed by atoms with Crippen LogP contribution in [0, 0.1) is 0 Å². The van der Waals surface area contributed by atoms with Crippen molar-refractivity contribution in [2.45, 2.75) is 24.5 Å². The molecule has 1 saturated heterocycles. The topological polar surface area (TPSA) is 109 Å². The molecule has 4 rings (SSSR count). The second kappa shape index (κ2) is 9.58. The fraction of sp³-hybridized carbons (Fsp3) is 0.273. The fourth-order valence-electron chi connectivity index (χ4n) is 3.51. The van der Waals surface area contributed by atoms with Crippen LogP contribution in [0.15, 0.2) is 60.7 Å². The largest absolute Gasteiger partial charge is 0.312 e. The molecule has 0 radical (unpaired) electrons. The first-order chi connectivity index (χ1) is 15.4. The predicted octanol–water partition coefficient (Wildman–Crippen LogP) is 3.00. The van der Waals surface area contributed by atoms with Crippen molar-refractivity contribution in [3.05, 3.63) is 71.2 Å². The number of benzene rings is 2. The zero-order chi connectivity index (χ0) is 22.6. The van der Waals surface area contributed by atoms with Crippen molar-refractivity contribution in [3.8, 4) is 0 Å². The summed E-state index contributed by atoms with van der Waals surface area (Å²) in [6.07, 6.45) is 0.170. The summed E-state index contributed by atoms with van der Waals surface area (Å²) in [6, 6.07) is 18.3. The highest BCUT2D eigenvalue weighted by molar-refractivity contribution is 7.90. The van der Waals surface area contributed by atoms with E-state index in [1.54, 1.807) is 29.2 Å². The van der Waals surface area contributed by atoms with Gasteiger partial charge in [0.15, 0.2) is 9.84 Å². The molecule has 1 aromatic heterocycles. The normalized spacial score (nSPS) is 16.3. The van der Waals surface area contributed by atoms with Crippen LogP contribution in [-0.2, 0) is 25.2 Å². The maximum absolute atomic E-state index is 12.4. The molecule has 0 spiro atoms. The predicted molar refractivity (Wildman–Crippen MR) is 123 cm³/mol. The number of hydrogen-bond donors (Lipinski definition) is 1. The first kappa shape index (κ1) is 22.1. The molecule has 166 valence electrons. The van der Waals surface area contributed by atoms with Crippen LogP contribution in [0.4, 0.5) is 10.8 Å². The number of hydrogen-bond acceptors (Lipinski definition) is 7. The number of nitrogens with zero attached hydrogens (tertiary/aromatic N) is 3. The summed E-state index contributed by atoms with van der Waals surface area (Å²) >= 11 is 1.21. The van der Waals surface area contributed by atoms with Gasteiger partial charge < -0.3 is 10.2 Å². The van der Waals surface area contributed by atoms with Gasteiger partial charge in [0.05, 0.1) is 11.5 Å². The van der Waals surface area contributed by atoms with E-state index in [0.29, 0.717) is 28.7 Å². The van der Waals surface area contributed by atoms with Crippen LogP contribution in [-0.4, -0.2) is 42.7 Å². The summed E-state index contributed by atoms with van der Waals surface area (Å²) in [5.41, 5.74) is 1.53. The second-order valence-corrected chi connectivity index (χ2v) is 10.8. The Bertz CT molecular complexity index is 1200. The summed E-state index contributed by atoms with van der Waals surface area (Å²) in [6.45, 7) is 0.503. The highest BCUT2D eigenvalue weighted by Crippen LogP contribution is 2.34. The maximum atomic E-state index is 12.4. The number of para-hydroxylation sites is 1. The third-order valence-electron chi connectivity index (χ3n) is 5.10. The molecule has 0 bridgehead atoms. The van der Waals surface area contributed by atoms with Crippen molar-refractivity contribution in [2.75, 3.05) is 22.5 Å². The lowest BCUT2D eigenvalue weighted by molar-refractivity contribution is -0.117. The van der Waals surface area contributed by atoms with E-state index in [2.05, 4.69) is 15.5 Å². The first-order valence-corrected chi connectivity index (χ1v) is 12.8. The molecule has 10 heteroatoms. The molecule has 1 aliphatic heterocycles. The Morgan fingerprint density at radius 2 is 1.75 bits per heavy atom. The summed E-state index contributed by atoms with van der Waals surface area (Å²) in [4.78, 5) is 26.4. The number of rotatable bonds is 8. The van der Waals surface area contributed by atoms with Crippen molar-refractivity contribution in [1.29, 1.82) is 0 Å². The summed E-state index contributed by atoms with van der Waals surface area (Å²) in [5, 5.41) is 11.7. The van der Waals surface area contributed by atoms with Gasteiger partial charge in [0.2, 0.25) is 16.9 Å². The lowest BCUT2D eigenvalue weighted by Crippen LogP contribution is -2.24. The first-order valence-electron chi connectivity index (χ1n) is 10.1. The van der Waals surface area contributed by atoms with Gasteiger partial charge in [0.1, 0.15) is 5.01 Å². The Kier molecular flexibility index (Phi) is 6.61. The number of aromatic nitrogens is 2. The van der Waals surface area contributed by atoms with Crippen molar-refractivity contribution < 1.29 is 18.0 Å². The molecule has 8 nitrogen and oxygen atoms in total. The average Bonchev–Trinajstić information content (AvgIpc) is 3.40. The maximum Gasteiger partial charge on any atom is 0.227 e. The number of amides is 2. The van der Waals surface area contributed by atoms with Crippen LogP contribution in [0.3, 0.4) is 0 Å². The van der Waals surface area contributed by atoms with E-state index in [0.717, 1.165) is 5.69 Å². The quantitative estimate of drug-likeness (QED) is 0.542. The molecule has 0 aliphatic carbocycles. The molecule has 1 fully saturated rings. The van der Waals surface area contributed by atoms with Crippen LogP contribution in [0.25, 0.3) is 0 Å². The van der Waals surface area contributed by atoms with Gasteiger partial charge >= 0.3 is 0 Å². The minimum absolute atomic E-state index is 0.0191. The van der Waals surface area contributed by atoms with E-state index in [-0.39, 0.29) is 29.8 Å². The Morgan fingerprint density at radius 1 is 1.06 bits per heavy atom. The Labute approximate surface area is 190 Å². The van der Waals surface area contributed by atoms with Gasteiger partial charge in [-0.2, -0.15) is 0 Å². The SMILES string of the molecule is O=C(CCS(=O)(=O)Cc1ccccc1)Nc1nnc([C@H]2CC(=O)N(c3ccccc3)C2)s1. The third kappa shape index (κ3) is 5.57. The molecule has 1 aliphatic rings. The molecule has 2 aromatic carbocycles. The van der Waals surface area contributed by atoms with E-state index in [1.807, 2.05) is 36.4 Å². The van der Waals surface area contributed by atoms with Gasteiger partial charge in [0, 0.05) is 31.0 Å². The Hall–Kier alpha value is -3.11. The Balaban J connectivity index is 1.30. The van der Waals surface area contributed by atoms with E-state index in [4.69, 9.17) is 0 Å². The van der Waals surface area contributed by atoms with Gasteiger partial charge in [0.25, 0.3) is 0 Å². The molecule has 0 saturated carbocycles. The van der Waals surface area contributed by atoms with E-state index in [9.17, 15) is 18.0 Å². The van der Waals surface area contributed by atoms with Gasteiger partial charge in [-0.25, -0.2) is 8.42 Å². The summed E-state index contributed by atoms with van der Waals surface area (Å²) in [5.74, 6) is -0.860. The van der Waals surface area contributed by atoms with Gasteiger partial charge in [-0.15, -0.1) is 10.2 Å². The van der Waals surface area contributed by atoms with Crippen molar-refractivity contribution in [3.63, 3.8) is 0 Å². The molecule has 2 heterocycles. The fourth-order valence-corrected chi connectivity index (χ4v) is 5.70. The van der Waals surface area contributed by atoms with Gasteiger partial charge in [-0.1, -0.05) is 59.9 Å². The van der Waals surface area contributed by atoms with Crippen molar-refractivity contribution in [1.82, 2.24) is 10.2 Å². The van der Waals surface area contributed by atoms with Crippen LogP contribution < -0.4 is 10.2 Å². The van der Waals surface area contributed by atoms with E-state index in [1.165, 1.54) is 11.3 Å². The second-order valence-electron chi connectivity index (χ2n) is 7.56. The van der Waals surface area contributed by atoms with Gasteiger partial charge in [-0.3, -0.25) is 9.59 Å². The summed E-state index contributed by atoms with van der Waals surface area (Å²) < 4.78 is 24.5. The number of nitrogens with one attached hydrogen (secondary N) is 1. The highest BCUT2D eigenvalue weighted by atomic mass is 32.2. The molecule has 1 N–H and O–H groups in total. The molecule has 32 heavy (non-hydrogen) atoms. The van der Waals surface area contributed by atoms with Crippen molar-refractivity contribution >= 4 is 43.8 Å². The highest BCUT2D eigenvalue weighted by Gasteiger charge is 2.33. The zero-order valence-electron chi connectivity index (χ0n) is 17.2. The number of carbonyl (C=O) groups is 2. The molecular weight excluding hydrogens is 448 g/mol. The molecule has 3 aromatic rings. The molecule has 1 atom stereocenters. The lowest BCUT2D eigenvalue weighted by atomic mass is 10.1. The van der Waals surface area contributed by atoms with Crippen LogP contribution >= 0.6 is 11.3 Å². The van der Waals surface area contributed by atoms with Gasteiger partial charge in [-0.05, 0) is 17.7 Å². The average molecular weight is 471 g/mol. The van der Waals surface area contributed by atoms with Crippen LogP contribution in [0.2, 0.25) is 0 Å². The molecule has 2 amide bonds. The van der Waals surface area contributed by atoms with E-state index < -0.39 is 15.7 Å². The zero-order valence-corrected chi connectivity index (χ0v) is 18.8. The minimum Gasteiger partial charge on any atom is -0.312 e. The van der Waals surface area contributed by atoms with E-state index >= 15 is 0 Å². The third-order valence-corrected chi connectivity index (χ3v) is 7.70. The summed E-state index contributed by atoms with van der Waals surface area (Å²) in [7, 11) is -3.40. The Morgan fingerprint density at radius 3 is 2.47 bits per heavy atom. The molecular formula is C22H22N4O4S2.